The molecule has 0 heterocycles. The van der Waals surface area contributed by atoms with Gasteiger partial charge in [-0.15, -0.1) is 0 Å². The lowest BCUT2D eigenvalue weighted by Crippen LogP contribution is -1.84. The summed E-state index contributed by atoms with van der Waals surface area (Å²) < 4.78 is 0. The highest BCUT2D eigenvalue weighted by Crippen LogP contribution is 2.02. The number of rotatable bonds is 5. The first-order chi connectivity index (χ1) is 6.43. The summed E-state index contributed by atoms with van der Waals surface area (Å²) in [5.74, 6) is 0. The van der Waals surface area contributed by atoms with Gasteiger partial charge in [0, 0.05) is 0 Å². The van der Waals surface area contributed by atoms with Gasteiger partial charge in [0.15, 0.2) is 0 Å². The lowest BCUT2D eigenvalue weighted by Gasteiger charge is -1.95. The zero-order valence-corrected chi connectivity index (χ0v) is 7.52. The van der Waals surface area contributed by atoms with Crippen LogP contribution in [-0.2, 0) is 11.3 Å². The molecule has 0 amide bonds. The lowest BCUT2D eigenvalue weighted by atomic mass is 10.1. The highest BCUT2D eigenvalue weighted by Gasteiger charge is 1.87. The summed E-state index contributed by atoms with van der Waals surface area (Å²) in [6, 6.07) is 10.3. The first-order valence-corrected chi connectivity index (χ1v) is 4.39. The Balaban J connectivity index is 2.20. The van der Waals surface area contributed by atoms with E-state index in [2.05, 4.69) is 17.0 Å². The summed E-state index contributed by atoms with van der Waals surface area (Å²) in [5, 5.41) is 8.03. The average Bonchev–Trinajstić information content (AvgIpc) is 2.19. The van der Waals surface area contributed by atoms with E-state index in [1.165, 1.54) is 5.56 Å². The third-order valence-electron chi connectivity index (χ3n) is 1.78. The Labute approximate surface area is 78.4 Å². The van der Waals surface area contributed by atoms with E-state index in [0.717, 1.165) is 12.8 Å². The Kier molecular flexibility index (Phi) is 4.91. The Morgan fingerprint density at radius 2 is 1.92 bits per heavy atom. The van der Waals surface area contributed by atoms with Gasteiger partial charge in [-0.2, -0.15) is 0 Å². The van der Waals surface area contributed by atoms with Crippen LogP contribution in [0.2, 0.25) is 0 Å². The minimum absolute atomic E-state index is 0.273. The van der Waals surface area contributed by atoms with E-state index in [-0.39, 0.29) is 6.61 Å². The first-order valence-electron chi connectivity index (χ1n) is 4.39. The molecule has 0 saturated heterocycles. The molecule has 1 aromatic carbocycles. The molecule has 0 aliphatic heterocycles. The first kappa shape index (κ1) is 9.96. The molecule has 0 spiro atoms. The van der Waals surface area contributed by atoms with Crippen LogP contribution in [-0.4, -0.2) is 11.9 Å². The molecule has 0 aliphatic rings. The number of benzene rings is 1. The molecule has 1 rings (SSSR count). The van der Waals surface area contributed by atoms with E-state index in [1.54, 1.807) is 0 Å². The summed E-state index contributed by atoms with van der Waals surface area (Å²) in [6.45, 7) is 0.273. The van der Waals surface area contributed by atoms with Crippen LogP contribution in [0.25, 0.3) is 0 Å². The molecule has 0 bridgehead atoms. The molecule has 0 unspecified atom stereocenters. The topological polar surface area (TPSA) is 29.5 Å². The van der Waals surface area contributed by atoms with Crippen molar-refractivity contribution in [2.24, 2.45) is 0 Å². The van der Waals surface area contributed by atoms with Gasteiger partial charge in [-0.3, -0.25) is 5.26 Å². The van der Waals surface area contributed by atoms with Crippen molar-refractivity contribution in [1.82, 2.24) is 0 Å². The van der Waals surface area contributed by atoms with Gasteiger partial charge >= 0.3 is 0 Å². The fourth-order valence-electron chi connectivity index (χ4n) is 1.12. The summed E-state index contributed by atoms with van der Waals surface area (Å²) in [6.07, 6.45) is 5.82. The van der Waals surface area contributed by atoms with Gasteiger partial charge in [-0.25, -0.2) is 4.89 Å². The van der Waals surface area contributed by atoms with Gasteiger partial charge in [0.05, 0.1) is 0 Å². The van der Waals surface area contributed by atoms with E-state index in [1.807, 2.05) is 30.4 Å². The van der Waals surface area contributed by atoms with Crippen LogP contribution in [0.15, 0.2) is 42.5 Å². The molecule has 0 atom stereocenters. The Bertz CT molecular complexity index is 242. The zero-order valence-electron chi connectivity index (χ0n) is 7.52. The molecule has 13 heavy (non-hydrogen) atoms. The predicted octanol–water partition coefficient (Wildman–Crippen LogP) is 2.67. The number of aryl methyl sites for hydroxylation is 1. The largest absolute Gasteiger partial charge is 0.252 e. The molecular weight excluding hydrogens is 164 g/mol. The van der Waals surface area contributed by atoms with Crippen LogP contribution in [0.1, 0.15) is 12.0 Å². The second kappa shape index (κ2) is 6.40. The fraction of sp³-hybridized carbons (Fsp3) is 0.273. The van der Waals surface area contributed by atoms with Crippen molar-refractivity contribution in [3.63, 3.8) is 0 Å². The molecule has 0 saturated carbocycles. The second-order valence-corrected chi connectivity index (χ2v) is 2.79. The molecule has 2 nitrogen and oxygen atoms in total. The van der Waals surface area contributed by atoms with Crippen molar-refractivity contribution >= 4 is 0 Å². The molecule has 0 fully saturated rings. The van der Waals surface area contributed by atoms with Gasteiger partial charge in [0.1, 0.15) is 6.61 Å². The van der Waals surface area contributed by atoms with E-state index in [9.17, 15) is 0 Å². The molecule has 70 valence electrons. The maximum Gasteiger partial charge on any atom is 0.100 e. The fourth-order valence-corrected chi connectivity index (χ4v) is 1.12. The molecular formula is C11H14O2. The number of hydrogen-bond donors (Lipinski definition) is 1. The number of hydrogen-bond acceptors (Lipinski definition) is 2. The van der Waals surface area contributed by atoms with Crippen LogP contribution in [0, 0.1) is 0 Å². The smallest absolute Gasteiger partial charge is 0.100 e. The van der Waals surface area contributed by atoms with Gasteiger partial charge < -0.3 is 0 Å². The minimum atomic E-state index is 0.273. The van der Waals surface area contributed by atoms with Crippen LogP contribution in [0.5, 0.6) is 0 Å². The second-order valence-electron chi connectivity index (χ2n) is 2.79. The van der Waals surface area contributed by atoms with Crippen molar-refractivity contribution in [3.05, 3.63) is 48.0 Å². The third kappa shape index (κ3) is 4.45. The standard InChI is InChI=1S/C11H14O2/c12-13-10-6-2-5-9-11-7-3-1-4-8-11/h1-4,6-8,12H,5,9-10H2. The minimum Gasteiger partial charge on any atom is -0.252 e. The van der Waals surface area contributed by atoms with Gasteiger partial charge in [0.2, 0.25) is 0 Å². The monoisotopic (exact) mass is 178 g/mol. The summed E-state index contributed by atoms with van der Waals surface area (Å²) in [7, 11) is 0. The lowest BCUT2D eigenvalue weighted by molar-refractivity contribution is -0.231. The predicted molar refractivity (Wildman–Crippen MR) is 52.5 cm³/mol. The maximum absolute atomic E-state index is 8.03. The normalized spacial score (nSPS) is 10.8. The van der Waals surface area contributed by atoms with Crippen molar-refractivity contribution in [1.29, 1.82) is 0 Å². The molecule has 1 aromatic rings. The van der Waals surface area contributed by atoms with Gasteiger partial charge in [0.25, 0.3) is 0 Å². The summed E-state index contributed by atoms with van der Waals surface area (Å²) in [5.41, 5.74) is 1.33. The summed E-state index contributed by atoms with van der Waals surface area (Å²) in [4.78, 5) is 3.91. The van der Waals surface area contributed by atoms with Crippen LogP contribution < -0.4 is 0 Å². The quantitative estimate of drug-likeness (QED) is 0.426. The Hall–Kier alpha value is -1.12. The molecule has 0 aliphatic carbocycles. The zero-order chi connectivity index (χ0) is 9.36. The highest BCUT2D eigenvalue weighted by atomic mass is 17.1. The maximum atomic E-state index is 8.03. The van der Waals surface area contributed by atoms with Crippen LogP contribution >= 0.6 is 0 Å². The van der Waals surface area contributed by atoms with Crippen molar-refractivity contribution < 1.29 is 10.1 Å². The van der Waals surface area contributed by atoms with E-state index >= 15 is 0 Å². The van der Waals surface area contributed by atoms with E-state index in [4.69, 9.17) is 5.26 Å². The van der Waals surface area contributed by atoms with Crippen LogP contribution in [0.4, 0.5) is 0 Å². The van der Waals surface area contributed by atoms with E-state index in [0.29, 0.717) is 0 Å². The Morgan fingerprint density at radius 3 is 2.62 bits per heavy atom. The van der Waals surface area contributed by atoms with Crippen molar-refractivity contribution in [2.45, 2.75) is 12.8 Å². The van der Waals surface area contributed by atoms with Crippen LogP contribution in [0.3, 0.4) is 0 Å². The molecule has 0 radical (unpaired) electrons. The molecule has 2 heteroatoms. The highest BCUT2D eigenvalue weighted by molar-refractivity contribution is 5.15. The van der Waals surface area contributed by atoms with Gasteiger partial charge in [-0.1, -0.05) is 42.5 Å². The van der Waals surface area contributed by atoms with Gasteiger partial charge in [-0.05, 0) is 18.4 Å². The average molecular weight is 178 g/mol. The molecule has 1 N–H and O–H groups in total. The Morgan fingerprint density at radius 1 is 1.15 bits per heavy atom. The number of allylic oxidation sites excluding steroid dienone is 1. The molecule has 0 aromatic heterocycles. The summed E-state index contributed by atoms with van der Waals surface area (Å²) >= 11 is 0. The third-order valence-corrected chi connectivity index (χ3v) is 1.78. The SMILES string of the molecule is OOCC=CCCc1ccccc1. The van der Waals surface area contributed by atoms with E-state index < -0.39 is 0 Å². The van der Waals surface area contributed by atoms with Crippen molar-refractivity contribution in [2.75, 3.05) is 6.61 Å². The van der Waals surface area contributed by atoms with Crippen molar-refractivity contribution in [3.8, 4) is 0 Å².